The molecular weight excluding hydrogens is 428 g/mol. The Morgan fingerprint density at radius 2 is 1.82 bits per heavy atom. The van der Waals surface area contributed by atoms with Gasteiger partial charge in [-0.3, -0.25) is 4.79 Å². The van der Waals surface area contributed by atoms with Gasteiger partial charge >= 0.3 is 11.9 Å². The fourth-order valence-corrected chi connectivity index (χ4v) is 8.53. The molecule has 2 bridgehead atoms. The van der Waals surface area contributed by atoms with E-state index >= 15 is 0 Å². The standard InChI is InChI=1S/C29H36O5/c1-19-17-28-15-12-22-26(2,29(28,33)16-11-21(19)18-28)14-13-23(27(22,3)25(31)32)34-24(30)10-9-20-7-5-4-6-8-20/h4-10,21-23,33H,1,11-18H2,2-3H3,(H,31,32)/t21-,22+,23-,26-,27+,28-,29-/m1/s1. The summed E-state index contributed by atoms with van der Waals surface area (Å²) in [5, 5.41) is 22.9. The van der Waals surface area contributed by atoms with Gasteiger partial charge in [0.1, 0.15) is 11.5 Å². The van der Waals surface area contributed by atoms with Gasteiger partial charge in [-0.05, 0) is 81.8 Å². The number of carboxylic acid groups (broad SMARTS) is 1. The summed E-state index contributed by atoms with van der Waals surface area (Å²) in [4.78, 5) is 25.5. The molecule has 0 aliphatic heterocycles. The van der Waals surface area contributed by atoms with Crippen LogP contribution in [0.2, 0.25) is 0 Å². The van der Waals surface area contributed by atoms with Crippen LogP contribution >= 0.6 is 0 Å². The topological polar surface area (TPSA) is 83.8 Å². The van der Waals surface area contributed by atoms with Crippen molar-refractivity contribution in [2.75, 3.05) is 0 Å². The highest BCUT2D eigenvalue weighted by Crippen LogP contribution is 2.74. The van der Waals surface area contributed by atoms with Gasteiger partial charge in [0, 0.05) is 16.9 Å². The summed E-state index contributed by atoms with van der Waals surface area (Å²) in [5.74, 6) is -1.26. The van der Waals surface area contributed by atoms with Crippen LogP contribution in [0.15, 0.2) is 48.6 Å². The Morgan fingerprint density at radius 1 is 1.09 bits per heavy atom. The maximum absolute atomic E-state index is 12.8. The van der Waals surface area contributed by atoms with E-state index < -0.39 is 34.5 Å². The van der Waals surface area contributed by atoms with Crippen molar-refractivity contribution in [2.24, 2.45) is 28.1 Å². The Kier molecular flexibility index (Phi) is 5.36. The zero-order chi connectivity index (χ0) is 24.4. The van der Waals surface area contributed by atoms with E-state index in [4.69, 9.17) is 4.74 Å². The third kappa shape index (κ3) is 3.08. The van der Waals surface area contributed by atoms with Crippen LogP contribution in [0.3, 0.4) is 0 Å². The summed E-state index contributed by atoms with van der Waals surface area (Å²) >= 11 is 0. The Morgan fingerprint density at radius 3 is 2.53 bits per heavy atom. The number of fused-ring (bicyclic) bond motifs is 3. The summed E-state index contributed by atoms with van der Waals surface area (Å²) in [7, 11) is 0. The van der Waals surface area contributed by atoms with Crippen LogP contribution in [0.4, 0.5) is 0 Å². The van der Waals surface area contributed by atoms with Crippen molar-refractivity contribution in [1.82, 2.24) is 0 Å². The highest BCUT2D eigenvalue weighted by Gasteiger charge is 2.74. The lowest BCUT2D eigenvalue weighted by Crippen LogP contribution is -2.71. The molecule has 4 aliphatic rings. The molecule has 182 valence electrons. The number of allylic oxidation sites excluding steroid dienone is 1. The van der Waals surface area contributed by atoms with Crippen molar-refractivity contribution in [3.8, 4) is 0 Å². The molecule has 7 atom stereocenters. The first-order valence-electron chi connectivity index (χ1n) is 12.6. The van der Waals surface area contributed by atoms with Crippen LogP contribution in [-0.2, 0) is 14.3 Å². The van der Waals surface area contributed by atoms with Gasteiger partial charge in [-0.25, -0.2) is 4.79 Å². The van der Waals surface area contributed by atoms with Crippen molar-refractivity contribution in [1.29, 1.82) is 0 Å². The molecule has 4 saturated carbocycles. The second-order valence-corrected chi connectivity index (χ2v) is 11.7. The third-order valence-electron chi connectivity index (χ3n) is 10.4. The predicted molar refractivity (Wildman–Crippen MR) is 130 cm³/mol. The molecule has 4 fully saturated rings. The Hall–Kier alpha value is -2.40. The molecule has 0 aromatic heterocycles. The average Bonchev–Trinajstić information content (AvgIpc) is 3.08. The van der Waals surface area contributed by atoms with Crippen molar-refractivity contribution in [2.45, 2.75) is 76.9 Å². The number of aliphatic carboxylic acids is 1. The molecule has 2 N–H and O–H groups in total. The van der Waals surface area contributed by atoms with E-state index in [0.717, 1.165) is 37.7 Å². The number of carboxylic acids is 1. The largest absolute Gasteiger partial charge is 0.481 e. The Balaban J connectivity index is 1.43. The van der Waals surface area contributed by atoms with Crippen molar-refractivity contribution in [3.63, 3.8) is 0 Å². The van der Waals surface area contributed by atoms with Crippen LogP contribution in [0.5, 0.6) is 0 Å². The maximum Gasteiger partial charge on any atom is 0.331 e. The Labute approximate surface area is 201 Å². The lowest BCUT2D eigenvalue weighted by atomic mass is 9.38. The molecule has 0 heterocycles. The van der Waals surface area contributed by atoms with Gasteiger partial charge in [0.05, 0.1) is 5.60 Å². The number of carbonyl (C=O) groups is 2. The summed E-state index contributed by atoms with van der Waals surface area (Å²) in [6.07, 6.45) is 8.37. The van der Waals surface area contributed by atoms with E-state index in [9.17, 15) is 19.8 Å². The number of hydrogen-bond acceptors (Lipinski definition) is 4. The molecule has 34 heavy (non-hydrogen) atoms. The zero-order valence-corrected chi connectivity index (χ0v) is 20.3. The number of carbonyl (C=O) groups excluding carboxylic acids is 1. The third-order valence-corrected chi connectivity index (χ3v) is 10.4. The minimum atomic E-state index is -1.26. The van der Waals surface area contributed by atoms with Gasteiger partial charge in [0.15, 0.2) is 0 Å². The fraction of sp³-hybridized carbons (Fsp3) is 0.586. The van der Waals surface area contributed by atoms with E-state index in [1.807, 2.05) is 30.3 Å². The average molecular weight is 465 g/mol. The van der Waals surface area contributed by atoms with E-state index in [-0.39, 0.29) is 11.3 Å². The highest BCUT2D eigenvalue weighted by molar-refractivity contribution is 5.87. The summed E-state index contributed by atoms with van der Waals surface area (Å²) in [6.45, 7) is 8.15. The molecule has 5 nitrogen and oxygen atoms in total. The van der Waals surface area contributed by atoms with Crippen molar-refractivity contribution in [3.05, 3.63) is 54.1 Å². The number of benzene rings is 1. The van der Waals surface area contributed by atoms with E-state index in [1.54, 1.807) is 13.0 Å². The lowest BCUT2D eigenvalue weighted by Gasteiger charge is -2.68. The van der Waals surface area contributed by atoms with E-state index in [2.05, 4.69) is 13.5 Å². The monoisotopic (exact) mass is 464 g/mol. The number of rotatable bonds is 4. The van der Waals surface area contributed by atoms with Gasteiger partial charge in [0.2, 0.25) is 0 Å². The van der Waals surface area contributed by atoms with E-state index in [1.165, 1.54) is 11.6 Å². The van der Waals surface area contributed by atoms with Crippen molar-refractivity contribution < 1.29 is 24.5 Å². The van der Waals surface area contributed by atoms with Crippen LogP contribution in [0, 0.1) is 28.1 Å². The minimum absolute atomic E-state index is 0.195. The number of ether oxygens (including phenoxy) is 1. The molecule has 1 spiro atoms. The second kappa shape index (κ2) is 7.81. The van der Waals surface area contributed by atoms with E-state index in [0.29, 0.717) is 25.2 Å². The van der Waals surface area contributed by atoms with Gasteiger partial charge < -0.3 is 14.9 Å². The van der Waals surface area contributed by atoms with Crippen LogP contribution in [0.1, 0.15) is 70.8 Å². The van der Waals surface area contributed by atoms with Gasteiger partial charge in [-0.2, -0.15) is 0 Å². The molecule has 0 saturated heterocycles. The normalized spacial score (nSPS) is 43.3. The van der Waals surface area contributed by atoms with Gasteiger partial charge in [-0.1, -0.05) is 49.4 Å². The second-order valence-electron chi connectivity index (χ2n) is 11.7. The number of esters is 1. The predicted octanol–water partition coefficient (Wildman–Crippen LogP) is 5.39. The smallest absolute Gasteiger partial charge is 0.331 e. The number of hydrogen-bond donors (Lipinski definition) is 2. The van der Waals surface area contributed by atoms with Crippen LogP contribution in [0.25, 0.3) is 6.08 Å². The molecule has 0 unspecified atom stereocenters. The highest BCUT2D eigenvalue weighted by atomic mass is 16.5. The molecule has 5 rings (SSSR count). The first kappa shape index (κ1) is 23.3. The lowest BCUT2D eigenvalue weighted by molar-refractivity contribution is -0.276. The Bertz CT molecular complexity index is 1050. The number of aliphatic hydroxyl groups is 1. The summed E-state index contributed by atoms with van der Waals surface area (Å²) < 4.78 is 5.83. The summed E-state index contributed by atoms with van der Waals surface area (Å²) in [6, 6.07) is 9.47. The molecule has 1 aromatic rings. The molecular formula is C29H36O5. The SMILES string of the molecule is C=C1C[C@@]23CC[C@@H]4[C@](C)(C(=O)O)[C@H](OC(=O)C=Cc5ccccc5)CC[C@@]4(C)[C@]2(O)CC[C@@H]1C3. The first-order valence-corrected chi connectivity index (χ1v) is 12.6. The van der Waals surface area contributed by atoms with Crippen LogP contribution in [-0.4, -0.2) is 33.9 Å². The quantitative estimate of drug-likeness (QED) is 0.355. The first-order chi connectivity index (χ1) is 16.1. The minimum Gasteiger partial charge on any atom is -0.481 e. The fourth-order valence-electron chi connectivity index (χ4n) is 8.53. The molecule has 0 amide bonds. The zero-order valence-electron chi connectivity index (χ0n) is 20.3. The molecule has 4 aliphatic carbocycles. The summed E-state index contributed by atoms with van der Waals surface area (Å²) in [5.41, 5.74) is -0.779. The van der Waals surface area contributed by atoms with Crippen LogP contribution < -0.4 is 0 Å². The molecule has 5 heteroatoms. The van der Waals surface area contributed by atoms with Gasteiger partial charge in [0.25, 0.3) is 0 Å². The molecule has 0 radical (unpaired) electrons. The van der Waals surface area contributed by atoms with Gasteiger partial charge in [-0.15, -0.1) is 0 Å². The van der Waals surface area contributed by atoms with Crippen molar-refractivity contribution >= 4 is 18.0 Å². The molecule has 1 aromatic carbocycles. The maximum atomic E-state index is 12.8.